The lowest BCUT2D eigenvalue weighted by atomic mass is 9.77. The van der Waals surface area contributed by atoms with Crippen LogP contribution in [0, 0.1) is 11.8 Å². The molecule has 12 heteroatoms. The summed E-state index contributed by atoms with van der Waals surface area (Å²) in [6, 6.07) is 13.5. The Morgan fingerprint density at radius 3 is 2.51 bits per heavy atom. The smallest absolute Gasteiger partial charge is 0.488 e. The third-order valence-corrected chi connectivity index (χ3v) is 10.9. The van der Waals surface area contributed by atoms with Crippen molar-refractivity contribution in [3.8, 4) is 16.9 Å². The summed E-state index contributed by atoms with van der Waals surface area (Å²) in [5.74, 6) is 1.13. The molecule has 0 bridgehead atoms. The first kappa shape index (κ1) is 33.4. The maximum atomic E-state index is 14.0. The quantitative estimate of drug-likeness (QED) is 0.239. The van der Waals surface area contributed by atoms with Gasteiger partial charge in [-0.15, -0.1) is 0 Å². The lowest BCUT2D eigenvalue weighted by molar-refractivity contribution is -0.138. The fraction of sp³-hybridized carbons (Fsp3) is 0.486. The van der Waals surface area contributed by atoms with Crippen LogP contribution < -0.4 is 10.2 Å². The highest BCUT2D eigenvalue weighted by molar-refractivity contribution is 6.62. The molecule has 1 aromatic heterocycles. The van der Waals surface area contributed by atoms with Crippen molar-refractivity contribution in [3.63, 3.8) is 0 Å². The predicted octanol–water partition coefficient (Wildman–Crippen LogP) is 5.75. The van der Waals surface area contributed by atoms with Gasteiger partial charge in [0.2, 0.25) is 5.91 Å². The summed E-state index contributed by atoms with van der Waals surface area (Å²) in [6.07, 6.45) is -0.479. The van der Waals surface area contributed by atoms with E-state index < -0.39 is 30.5 Å². The van der Waals surface area contributed by atoms with Crippen LogP contribution in [0.2, 0.25) is 0 Å². The van der Waals surface area contributed by atoms with Crippen molar-refractivity contribution >= 4 is 46.4 Å². The second-order valence-corrected chi connectivity index (χ2v) is 15.1. The highest BCUT2D eigenvalue weighted by Gasteiger charge is 2.52. The van der Waals surface area contributed by atoms with Crippen LogP contribution in [-0.2, 0) is 25.4 Å². The first-order valence-electron chi connectivity index (χ1n) is 17.0. The number of fused-ring (bicyclic) bond motifs is 6. The minimum atomic E-state index is -1.13. The topological polar surface area (TPSA) is 126 Å². The van der Waals surface area contributed by atoms with Crippen molar-refractivity contribution in [2.75, 3.05) is 27.3 Å². The minimum Gasteiger partial charge on any atom is -0.488 e. The number of amides is 2. The van der Waals surface area contributed by atoms with Crippen LogP contribution >= 0.6 is 0 Å². The number of nitrogens with one attached hydrogen (secondary N) is 1. The standard InChI is InChI=1S/C37H45BN4O7/c1-20(2)32(41(7)35(44)45)34(43)42-17-21(18-46-8)13-29(42)33-39-28-12-9-22-15-27-25-11-10-24(38-48-36(3,4)37(5,6)49-38)14-23(25)19-47-30(27)16-26(22)31(28)40-33/h9-12,14-16,20-21,29,32H,13,17-19H2,1-8H3,(H,39,40)(H,44,45). The van der Waals surface area contributed by atoms with E-state index in [1.54, 1.807) is 12.0 Å². The number of carboxylic acid groups (broad SMARTS) is 1. The summed E-state index contributed by atoms with van der Waals surface area (Å²) >= 11 is 0. The number of likely N-dealkylation sites (N-methyl/N-ethyl adjacent to an activating group) is 1. The van der Waals surface area contributed by atoms with Crippen LogP contribution in [0.1, 0.15) is 65.4 Å². The molecule has 0 aliphatic carbocycles. The normalized spacial score (nSPS) is 21.6. The molecule has 258 valence electrons. The number of nitrogens with zero attached hydrogens (tertiary/aromatic N) is 3. The molecule has 2 saturated heterocycles. The van der Waals surface area contributed by atoms with Crippen LogP contribution in [0.4, 0.5) is 4.79 Å². The number of hydrogen-bond acceptors (Lipinski definition) is 7. The molecule has 2 amide bonds. The molecule has 2 N–H and O–H groups in total. The van der Waals surface area contributed by atoms with Gasteiger partial charge in [0.05, 0.1) is 34.9 Å². The van der Waals surface area contributed by atoms with Crippen molar-refractivity contribution in [3.05, 3.63) is 53.9 Å². The molecular formula is C37H45BN4O7. The maximum absolute atomic E-state index is 14.0. The molecule has 0 radical (unpaired) electrons. The fourth-order valence-electron chi connectivity index (χ4n) is 7.58. The van der Waals surface area contributed by atoms with E-state index in [0.29, 0.717) is 32.0 Å². The summed E-state index contributed by atoms with van der Waals surface area (Å²) < 4.78 is 24.4. The van der Waals surface area contributed by atoms with Crippen molar-refractivity contribution in [2.24, 2.45) is 11.8 Å². The molecule has 2 fully saturated rings. The Hall–Kier alpha value is -4.13. The molecule has 3 aromatic carbocycles. The summed E-state index contributed by atoms with van der Waals surface area (Å²) in [5, 5.41) is 11.7. The highest BCUT2D eigenvalue weighted by Crippen LogP contribution is 2.43. The van der Waals surface area contributed by atoms with Gasteiger partial charge in [-0.1, -0.05) is 38.1 Å². The molecule has 11 nitrogen and oxygen atoms in total. The van der Waals surface area contributed by atoms with E-state index in [4.69, 9.17) is 23.8 Å². The van der Waals surface area contributed by atoms with Gasteiger partial charge in [0, 0.05) is 37.6 Å². The number of benzene rings is 3. The molecule has 3 unspecified atom stereocenters. The molecule has 0 spiro atoms. The number of ether oxygens (including phenoxy) is 2. The second kappa shape index (κ2) is 12.0. The minimum absolute atomic E-state index is 0.0950. The van der Waals surface area contributed by atoms with Gasteiger partial charge in [-0.3, -0.25) is 9.69 Å². The summed E-state index contributed by atoms with van der Waals surface area (Å²) in [4.78, 5) is 37.4. The molecular weight excluding hydrogens is 623 g/mol. The highest BCUT2D eigenvalue weighted by atomic mass is 16.7. The van der Waals surface area contributed by atoms with Crippen LogP contribution in [0.25, 0.3) is 32.9 Å². The summed E-state index contributed by atoms with van der Waals surface area (Å²) in [5.41, 5.74) is 4.99. The van der Waals surface area contributed by atoms with Gasteiger partial charge >= 0.3 is 13.2 Å². The third-order valence-electron chi connectivity index (χ3n) is 10.9. The molecule has 3 aliphatic rings. The van der Waals surface area contributed by atoms with E-state index in [0.717, 1.165) is 54.6 Å². The van der Waals surface area contributed by atoms with Gasteiger partial charge in [0.25, 0.3) is 0 Å². The molecule has 0 saturated carbocycles. The predicted molar refractivity (Wildman–Crippen MR) is 188 cm³/mol. The lowest BCUT2D eigenvalue weighted by Crippen LogP contribution is -2.51. The van der Waals surface area contributed by atoms with Crippen LogP contribution in [-0.4, -0.2) is 88.5 Å². The number of rotatable bonds is 7. The van der Waals surface area contributed by atoms with Crippen LogP contribution in [0.5, 0.6) is 5.75 Å². The third kappa shape index (κ3) is 5.63. The Bertz CT molecular complexity index is 1940. The number of hydrogen-bond donors (Lipinski definition) is 2. The monoisotopic (exact) mass is 668 g/mol. The Kier molecular flexibility index (Phi) is 8.20. The number of aromatic nitrogens is 2. The van der Waals surface area contributed by atoms with Crippen LogP contribution in [0.3, 0.4) is 0 Å². The van der Waals surface area contributed by atoms with E-state index >= 15 is 0 Å². The number of carbonyl (C=O) groups excluding carboxylic acids is 1. The van der Waals surface area contributed by atoms with E-state index in [-0.39, 0.29) is 23.8 Å². The largest absolute Gasteiger partial charge is 0.494 e. The molecule has 4 aromatic rings. The van der Waals surface area contributed by atoms with E-state index in [1.165, 1.54) is 7.05 Å². The zero-order chi connectivity index (χ0) is 35.0. The lowest BCUT2D eigenvalue weighted by Gasteiger charge is -2.33. The Morgan fingerprint density at radius 2 is 1.84 bits per heavy atom. The fourth-order valence-corrected chi connectivity index (χ4v) is 7.58. The van der Waals surface area contributed by atoms with Gasteiger partial charge in [0.15, 0.2) is 0 Å². The number of imidazole rings is 1. The SMILES string of the molecule is COCC1CC(c2nc3c(ccc4cc5c(cc43)OCc3cc(B4OC(C)(C)C(C)(C)O4)ccc3-5)[nH]2)N(C(=O)C(C(C)C)N(C)C(=O)O)C1. The average Bonchev–Trinajstić information content (AvgIpc) is 3.73. The zero-order valence-electron chi connectivity index (χ0n) is 29.5. The molecule has 49 heavy (non-hydrogen) atoms. The average molecular weight is 669 g/mol. The van der Waals surface area contributed by atoms with Crippen molar-refractivity contribution < 1.29 is 33.5 Å². The first-order valence-corrected chi connectivity index (χ1v) is 17.0. The Balaban J connectivity index is 1.22. The summed E-state index contributed by atoms with van der Waals surface area (Å²) in [6.45, 7) is 13.3. The number of likely N-dealkylation sites (tertiary alicyclic amines) is 1. The van der Waals surface area contributed by atoms with E-state index in [1.807, 2.05) is 19.9 Å². The molecule has 3 atom stereocenters. The number of methoxy groups -OCH3 is 1. The Labute approximate surface area is 287 Å². The van der Waals surface area contributed by atoms with Crippen molar-refractivity contribution in [1.29, 1.82) is 0 Å². The number of H-pyrrole nitrogens is 1. The second-order valence-electron chi connectivity index (χ2n) is 15.1. The van der Waals surface area contributed by atoms with Gasteiger partial charge in [0.1, 0.15) is 24.2 Å². The van der Waals surface area contributed by atoms with Gasteiger partial charge < -0.3 is 33.8 Å². The molecule has 3 aliphatic heterocycles. The molecule has 4 heterocycles. The van der Waals surface area contributed by atoms with Crippen molar-refractivity contribution in [1.82, 2.24) is 19.8 Å². The molecule has 7 rings (SSSR count). The van der Waals surface area contributed by atoms with Gasteiger partial charge in [-0.05, 0) is 80.2 Å². The van der Waals surface area contributed by atoms with Crippen molar-refractivity contribution in [2.45, 2.75) is 77.9 Å². The number of aromatic amines is 1. The maximum Gasteiger partial charge on any atom is 0.494 e. The van der Waals surface area contributed by atoms with Gasteiger partial charge in [-0.25, -0.2) is 9.78 Å². The zero-order valence-corrected chi connectivity index (χ0v) is 29.5. The number of carbonyl (C=O) groups is 2. The first-order chi connectivity index (χ1) is 23.2. The van der Waals surface area contributed by atoms with Crippen LogP contribution in [0.15, 0.2) is 42.5 Å². The Morgan fingerprint density at radius 1 is 1.10 bits per heavy atom. The summed E-state index contributed by atoms with van der Waals surface area (Å²) in [7, 11) is 2.66. The van der Waals surface area contributed by atoms with E-state index in [9.17, 15) is 14.7 Å². The van der Waals surface area contributed by atoms with Gasteiger partial charge in [-0.2, -0.15) is 0 Å². The van der Waals surface area contributed by atoms with E-state index in [2.05, 4.69) is 69.1 Å².